The lowest BCUT2D eigenvalue weighted by atomic mass is 9.96. The van der Waals surface area contributed by atoms with Crippen LogP contribution in [-0.4, -0.2) is 51.5 Å². The van der Waals surface area contributed by atoms with Crippen LogP contribution in [0.5, 0.6) is 0 Å². The summed E-state index contributed by atoms with van der Waals surface area (Å²) in [5, 5.41) is 4.42. The summed E-state index contributed by atoms with van der Waals surface area (Å²) in [6.45, 7) is 2.27. The van der Waals surface area contributed by atoms with Crippen LogP contribution < -0.4 is 0 Å². The SMILES string of the molecule is CN(Cc1cnn(Cc2ccccc2)c1)C(=O)C1CCCN(C(=O)c2ccco2)C1. The van der Waals surface area contributed by atoms with Crippen molar-refractivity contribution in [3.63, 3.8) is 0 Å². The van der Waals surface area contributed by atoms with E-state index in [1.165, 1.54) is 11.8 Å². The number of likely N-dealkylation sites (tertiary alicyclic amines) is 1. The first kappa shape index (κ1) is 19.9. The van der Waals surface area contributed by atoms with Crippen molar-refractivity contribution in [1.82, 2.24) is 19.6 Å². The zero-order valence-electron chi connectivity index (χ0n) is 17.1. The molecule has 156 valence electrons. The van der Waals surface area contributed by atoms with Crippen LogP contribution in [0.2, 0.25) is 0 Å². The Morgan fingerprint density at radius 3 is 2.77 bits per heavy atom. The van der Waals surface area contributed by atoms with Crippen molar-refractivity contribution in [1.29, 1.82) is 0 Å². The molecule has 0 N–H and O–H groups in total. The van der Waals surface area contributed by atoms with Gasteiger partial charge in [-0.2, -0.15) is 5.10 Å². The van der Waals surface area contributed by atoms with Crippen molar-refractivity contribution in [2.75, 3.05) is 20.1 Å². The lowest BCUT2D eigenvalue weighted by Gasteiger charge is -2.33. The molecule has 2 aromatic heterocycles. The Labute approximate surface area is 175 Å². The van der Waals surface area contributed by atoms with E-state index in [9.17, 15) is 9.59 Å². The third-order valence-electron chi connectivity index (χ3n) is 5.46. The Morgan fingerprint density at radius 1 is 1.17 bits per heavy atom. The molecule has 0 saturated carbocycles. The highest BCUT2D eigenvalue weighted by Crippen LogP contribution is 2.21. The van der Waals surface area contributed by atoms with Crippen LogP contribution >= 0.6 is 0 Å². The first-order valence-electron chi connectivity index (χ1n) is 10.2. The summed E-state index contributed by atoms with van der Waals surface area (Å²) in [7, 11) is 1.81. The molecule has 1 aromatic carbocycles. The maximum Gasteiger partial charge on any atom is 0.289 e. The summed E-state index contributed by atoms with van der Waals surface area (Å²) in [4.78, 5) is 29.0. The monoisotopic (exact) mass is 406 g/mol. The van der Waals surface area contributed by atoms with E-state index in [0.29, 0.717) is 31.9 Å². The molecule has 1 aliphatic heterocycles. The van der Waals surface area contributed by atoms with Crippen molar-refractivity contribution < 1.29 is 14.0 Å². The zero-order valence-corrected chi connectivity index (χ0v) is 17.1. The molecule has 0 aliphatic carbocycles. The third-order valence-corrected chi connectivity index (χ3v) is 5.46. The second kappa shape index (κ2) is 8.98. The van der Waals surface area contributed by atoms with Crippen LogP contribution in [0.25, 0.3) is 0 Å². The normalized spacial score (nSPS) is 16.4. The second-order valence-corrected chi connectivity index (χ2v) is 7.79. The molecule has 0 bridgehead atoms. The fourth-order valence-electron chi connectivity index (χ4n) is 3.93. The van der Waals surface area contributed by atoms with Gasteiger partial charge in [0.2, 0.25) is 5.91 Å². The summed E-state index contributed by atoms with van der Waals surface area (Å²) in [6, 6.07) is 13.5. The van der Waals surface area contributed by atoms with Crippen LogP contribution in [0.3, 0.4) is 0 Å². The molecule has 1 unspecified atom stereocenters. The number of nitrogens with zero attached hydrogens (tertiary/aromatic N) is 4. The van der Waals surface area contributed by atoms with Crippen molar-refractivity contribution in [3.05, 3.63) is 78.0 Å². The highest BCUT2D eigenvalue weighted by atomic mass is 16.3. The Hall–Kier alpha value is -3.35. The minimum absolute atomic E-state index is 0.0581. The summed E-state index contributed by atoms with van der Waals surface area (Å²) < 4.78 is 7.10. The molecule has 30 heavy (non-hydrogen) atoms. The standard InChI is InChI=1S/C23H26N4O3/c1-25(14-19-13-24-27(16-19)15-18-7-3-2-4-8-18)22(28)20-9-5-11-26(17-20)23(29)21-10-6-12-30-21/h2-4,6-8,10,12-13,16,20H,5,9,11,14-15,17H2,1H3. The second-order valence-electron chi connectivity index (χ2n) is 7.79. The molecular formula is C23H26N4O3. The average molecular weight is 406 g/mol. The summed E-state index contributed by atoms with van der Waals surface area (Å²) in [5.74, 6) is 0.0365. The molecule has 0 spiro atoms. The molecule has 7 nitrogen and oxygen atoms in total. The molecule has 3 heterocycles. The lowest BCUT2D eigenvalue weighted by molar-refractivity contribution is -0.136. The number of piperidine rings is 1. The van der Waals surface area contributed by atoms with Crippen LogP contribution in [0.15, 0.2) is 65.5 Å². The predicted octanol–water partition coefficient (Wildman–Crippen LogP) is 3.04. The minimum Gasteiger partial charge on any atom is -0.459 e. The number of benzene rings is 1. The number of furan rings is 1. The average Bonchev–Trinajstić information content (AvgIpc) is 3.46. The van der Waals surface area contributed by atoms with Gasteiger partial charge in [-0.15, -0.1) is 0 Å². The highest BCUT2D eigenvalue weighted by molar-refractivity contribution is 5.92. The smallest absolute Gasteiger partial charge is 0.289 e. The number of carbonyl (C=O) groups is 2. The van der Waals surface area contributed by atoms with Gasteiger partial charge in [0.25, 0.3) is 5.91 Å². The van der Waals surface area contributed by atoms with E-state index in [2.05, 4.69) is 17.2 Å². The van der Waals surface area contributed by atoms with E-state index in [1.54, 1.807) is 28.1 Å². The van der Waals surface area contributed by atoms with Crippen LogP contribution in [-0.2, 0) is 17.9 Å². The van der Waals surface area contributed by atoms with Crippen molar-refractivity contribution in [3.8, 4) is 0 Å². The van der Waals surface area contributed by atoms with Gasteiger partial charge in [0, 0.05) is 38.4 Å². The largest absolute Gasteiger partial charge is 0.459 e. The van der Waals surface area contributed by atoms with Gasteiger partial charge in [-0.1, -0.05) is 30.3 Å². The Kier molecular flexibility index (Phi) is 5.97. The fraction of sp³-hybridized carbons (Fsp3) is 0.348. The van der Waals surface area contributed by atoms with Gasteiger partial charge in [-0.3, -0.25) is 14.3 Å². The number of hydrogen-bond donors (Lipinski definition) is 0. The number of aromatic nitrogens is 2. The first-order valence-corrected chi connectivity index (χ1v) is 10.2. The maximum atomic E-state index is 13.0. The van der Waals surface area contributed by atoms with Crippen LogP contribution in [0.4, 0.5) is 0 Å². The number of rotatable bonds is 6. The van der Waals surface area contributed by atoms with Gasteiger partial charge < -0.3 is 14.2 Å². The predicted molar refractivity (Wildman–Crippen MR) is 112 cm³/mol. The first-order chi connectivity index (χ1) is 14.6. The van der Waals surface area contributed by atoms with Gasteiger partial charge >= 0.3 is 0 Å². The molecule has 3 aromatic rings. The van der Waals surface area contributed by atoms with E-state index >= 15 is 0 Å². The molecule has 2 amide bonds. The van der Waals surface area contributed by atoms with E-state index < -0.39 is 0 Å². The van der Waals surface area contributed by atoms with E-state index in [-0.39, 0.29) is 17.7 Å². The Morgan fingerprint density at radius 2 is 2.00 bits per heavy atom. The lowest BCUT2D eigenvalue weighted by Crippen LogP contribution is -2.45. The topological polar surface area (TPSA) is 71.6 Å². The molecule has 1 fully saturated rings. The summed E-state index contributed by atoms with van der Waals surface area (Å²) >= 11 is 0. The molecule has 1 atom stereocenters. The molecule has 0 radical (unpaired) electrons. The maximum absolute atomic E-state index is 13.0. The zero-order chi connectivity index (χ0) is 20.9. The third kappa shape index (κ3) is 4.62. The Bertz CT molecular complexity index is 981. The van der Waals surface area contributed by atoms with Gasteiger partial charge in [-0.05, 0) is 30.5 Å². The van der Waals surface area contributed by atoms with E-state index in [1.807, 2.05) is 36.1 Å². The molecule has 1 saturated heterocycles. The van der Waals surface area contributed by atoms with Crippen LogP contribution in [0.1, 0.15) is 34.5 Å². The number of amides is 2. The molecule has 7 heteroatoms. The highest BCUT2D eigenvalue weighted by Gasteiger charge is 2.31. The van der Waals surface area contributed by atoms with Gasteiger partial charge in [0.15, 0.2) is 5.76 Å². The summed E-state index contributed by atoms with van der Waals surface area (Å²) in [6.07, 6.45) is 6.88. The number of carbonyl (C=O) groups excluding carboxylic acids is 2. The summed E-state index contributed by atoms with van der Waals surface area (Å²) in [5.41, 5.74) is 2.17. The Balaban J connectivity index is 1.34. The number of hydrogen-bond acceptors (Lipinski definition) is 4. The molecular weight excluding hydrogens is 380 g/mol. The van der Waals surface area contributed by atoms with E-state index in [4.69, 9.17) is 4.42 Å². The van der Waals surface area contributed by atoms with Gasteiger partial charge in [-0.25, -0.2) is 0 Å². The quantitative estimate of drug-likeness (QED) is 0.631. The van der Waals surface area contributed by atoms with Gasteiger partial charge in [0.1, 0.15) is 0 Å². The fourth-order valence-corrected chi connectivity index (χ4v) is 3.93. The van der Waals surface area contributed by atoms with Crippen LogP contribution in [0, 0.1) is 5.92 Å². The molecule has 4 rings (SSSR count). The van der Waals surface area contributed by atoms with Crippen molar-refractivity contribution in [2.45, 2.75) is 25.9 Å². The van der Waals surface area contributed by atoms with Gasteiger partial charge in [0.05, 0.1) is 24.9 Å². The van der Waals surface area contributed by atoms with Crippen molar-refractivity contribution >= 4 is 11.8 Å². The minimum atomic E-state index is -0.193. The molecule has 1 aliphatic rings. The van der Waals surface area contributed by atoms with E-state index in [0.717, 1.165) is 18.4 Å². The van der Waals surface area contributed by atoms with Crippen molar-refractivity contribution in [2.24, 2.45) is 5.92 Å².